The molecule has 150 valence electrons. The van der Waals surface area contributed by atoms with Crippen LogP contribution in [0.4, 0.5) is 5.69 Å². The van der Waals surface area contributed by atoms with E-state index in [2.05, 4.69) is 5.32 Å². The van der Waals surface area contributed by atoms with E-state index in [1.165, 1.54) is 42.9 Å². The number of thioether (sulfide) groups is 1. The SMILES string of the molecule is CN(C)C(=O)CSc1ccccc1C(=O)Nc1ccc(S(=O)(=O)N(C)C)cc1. The second-order valence-corrected chi connectivity index (χ2v) is 9.51. The molecular weight excluding hydrogens is 398 g/mol. The lowest BCUT2D eigenvalue weighted by Gasteiger charge is -2.13. The van der Waals surface area contributed by atoms with E-state index in [9.17, 15) is 18.0 Å². The van der Waals surface area contributed by atoms with E-state index in [-0.39, 0.29) is 22.5 Å². The number of sulfonamides is 1. The molecule has 0 saturated heterocycles. The molecular formula is C19H23N3O4S2. The van der Waals surface area contributed by atoms with Crippen LogP contribution in [0.1, 0.15) is 10.4 Å². The maximum Gasteiger partial charge on any atom is 0.256 e. The molecule has 0 unspecified atom stereocenters. The minimum Gasteiger partial charge on any atom is -0.348 e. The summed E-state index contributed by atoms with van der Waals surface area (Å²) in [5.74, 6) is -0.143. The molecule has 0 aliphatic heterocycles. The third-order valence-corrected chi connectivity index (χ3v) is 6.76. The van der Waals surface area contributed by atoms with Gasteiger partial charge in [-0.1, -0.05) is 12.1 Å². The van der Waals surface area contributed by atoms with Crippen LogP contribution in [0.3, 0.4) is 0 Å². The van der Waals surface area contributed by atoms with Crippen molar-refractivity contribution < 1.29 is 18.0 Å². The van der Waals surface area contributed by atoms with Crippen LogP contribution in [0.2, 0.25) is 0 Å². The molecule has 0 aliphatic carbocycles. The van der Waals surface area contributed by atoms with E-state index in [1.54, 1.807) is 50.5 Å². The maximum atomic E-state index is 12.7. The van der Waals surface area contributed by atoms with Crippen LogP contribution in [-0.4, -0.2) is 63.4 Å². The van der Waals surface area contributed by atoms with Gasteiger partial charge >= 0.3 is 0 Å². The first-order chi connectivity index (χ1) is 13.1. The van der Waals surface area contributed by atoms with Crippen molar-refractivity contribution in [1.29, 1.82) is 0 Å². The van der Waals surface area contributed by atoms with E-state index in [0.29, 0.717) is 16.1 Å². The van der Waals surface area contributed by atoms with E-state index in [4.69, 9.17) is 0 Å². The highest BCUT2D eigenvalue weighted by molar-refractivity contribution is 8.00. The van der Waals surface area contributed by atoms with Crippen LogP contribution in [0, 0.1) is 0 Å². The highest BCUT2D eigenvalue weighted by Gasteiger charge is 2.17. The number of amides is 2. The number of rotatable bonds is 7. The van der Waals surface area contributed by atoms with E-state index in [0.717, 1.165) is 4.31 Å². The molecule has 0 saturated carbocycles. The van der Waals surface area contributed by atoms with Gasteiger partial charge in [0.15, 0.2) is 0 Å². The van der Waals surface area contributed by atoms with Crippen LogP contribution in [0.25, 0.3) is 0 Å². The molecule has 7 nitrogen and oxygen atoms in total. The Kier molecular flexibility index (Phi) is 7.22. The summed E-state index contributed by atoms with van der Waals surface area (Å²) in [6.07, 6.45) is 0. The first kappa shape index (κ1) is 21.9. The average Bonchev–Trinajstić information content (AvgIpc) is 2.66. The van der Waals surface area contributed by atoms with Crippen LogP contribution in [0.5, 0.6) is 0 Å². The maximum absolute atomic E-state index is 12.7. The highest BCUT2D eigenvalue weighted by atomic mass is 32.2. The summed E-state index contributed by atoms with van der Waals surface area (Å²) in [4.78, 5) is 26.8. The first-order valence-corrected chi connectivity index (χ1v) is 10.8. The molecule has 9 heteroatoms. The molecule has 0 spiro atoms. The van der Waals surface area contributed by atoms with Crippen molar-refractivity contribution in [3.05, 3.63) is 54.1 Å². The standard InChI is InChI=1S/C19H23N3O4S2/c1-21(2)18(23)13-27-17-8-6-5-7-16(17)19(24)20-14-9-11-15(12-10-14)28(25,26)22(3)4/h5-12H,13H2,1-4H3,(H,20,24). The number of nitrogens with zero attached hydrogens (tertiary/aromatic N) is 2. The zero-order chi connectivity index (χ0) is 20.9. The quantitative estimate of drug-likeness (QED) is 0.694. The smallest absolute Gasteiger partial charge is 0.256 e. The third-order valence-electron chi connectivity index (χ3n) is 3.87. The van der Waals surface area contributed by atoms with Gasteiger partial charge in [0.2, 0.25) is 15.9 Å². The number of carbonyl (C=O) groups excluding carboxylic acids is 2. The van der Waals surface area contributed by atoms with Crippen LogP contribution >= 0.6 is 11.8 Å². The third kappa shape index (κ3) is 5.34. The minimum atomic E-state index is -3.52. The Bertz CT molecular complexity index is 955. The van der Waals surface area contributed by atoms with Gasteiger partial charge < -0.3 is 10.2 Å². The molecule has 0 fully saturated rings. The van der Waals surface area contributed by atoms with Crippen molar-refractivity contribution >= 4 is 39.3 Å². The zero-order valence-electron chi connectivity index (χ0n) is 16.2. The number of nitrogens with one attached hydrogen (secondary N) is 1. The van der Waals surface area contributed by atoms with Crippen molar-refractivity contribution in [2.75, 3.05) is 39.3 Å². The molecule has 0 radical (unpaired) electrons. The molecule has 0 aromatic heterocycles. The highest BCUT2D eigenvalue weighted by Crippen LogP contribution is 2.24. The molecule has 0 atom stereocenters. The molecule has 2 rings (SSSR count). The van der Waals surface area contributed by atoms with Crippen molar-refractivity contribution in [3.63, 3.8) is 0 Å². The van der Waals surface area contributed by atoms with Gasteiger partial charge in [0.1, 0.15) is 0 Å². The minimum absolute atomic E-state index is 0.0436. The Morgan fingerprint density at radius 1 is 0.964 bits per heavy atom. The average molecular weight is 422 g/mol. The fourth-order valence-corrected chi connectivity index (χ4v) is 4.10. The summed E-state index contributed by atoms with van der Waals surface area (Å²) in [6.45, 7) is 0. The van der Waals surface area contributed by atoms with E-state index in [1.807, 2.05) is 0 Å². The second-order valence-electron chi connectivity index (χ2n) is 6.34. The lowest BCUT2D eigenvalue weighted by Crippen LogP contribution is -2.23. The Morgan fingerprint density at radius 2 is 1.57 bits per heavy atom. The topological polar surface area (TPSA) is 86.8 Å². The molecule has 1 N–H and O–H groups in total. The summed E-state index contributed by atoms with van der Waals surface area (Å²) < 4.78 is 25.4. The number of hydrogen-bond acceptors (Lipinski definition) is 5. The normalized spacial score (nSPS) is 11.3. The monoisotopic (exact) mass is 421 g/mol. The van der Waals surface area contributed by atoms with E-state index < -0.39 is 10.0 Å². The summed E-state index contributed by atoms with van der Waals surface area (Å²) in [6, 6.07) is 13.0. The molecule has 2 amide bonds. The molecule has 28 heavy (non-hydrogen) atoms. The van der Waals surface area contributed by atoms with Crippen molar-refractivity contribution in [1.82, 2.24) is 9.21 Å². The van der Waals surface area contributed by atoms with Gasteiger partial charge in [-0.15, -0.1) is 11.8 Å². The predicted molar refractivity (Wildman–Crippen MR) is 111 cm³/mol. The molecule has 0 aliphatic rings. The number of benzene rings is 2. The van der Waals surface area contributed by atoms with Crippen molar-refractivity contribution in [2.45, 2.75) is 9.79 Å². The summed E-state index contributed by atoms with van der Waals surface area (Å²) in [7, 11) is 2.76. The van der Waals surface area contributed by atoms with Crippen molar-refractivity contribution in [2.24, 2.45) is 0 Å². The van der Waals surface area contributed by atoms with Crippen LogP contribution in [-0.2, 0) is 14.8 Å². The number of carbonyl (C=O) groups is 2. The lowest BCUT2D eigenvalue weighted by atomic mass is 10.2. The van der Waals surface area contributed by atoms with E-state index >= 15 is 0 Å². The Balaban J connectivity index is 2.14. The van der Waals surface area contributed by atoms with Gasteiger partial charge in [0, 0.05) is 38.8 Å². The lowest BCUT2D eigenvalue weighted by molar-refractivity contribution is -0.125. The Labute approximate surface area is 169 Å². The molecule has 2 aromatic carbocycles. The van der Waals surface area contributed by atoms with Gasteiger partial charge in [-0.3, -0.25) is 9.59 Å². The summed E-state index contributed by atoms with van der Waals surface area (Å²) in [5.41, 5.74) is 0.927. The molecule has 2 aromatic rings. The summed E-state index contributed by atoms with van der Waals surface area (Å²) in [5, 5.41) is 2.76. The Morgan fingerprint density at radius 3 is 2.14 bits per heavy atom. The van der Waals surface area contributed by atoms with Gasteiger partial charge in [-0.05, 0) is 36.4 Å². The first-order valence-electron chi connectivity index (χ1n) is 8.39. The largest absolute Gasteiger partial charge is 0.348 e. The van der Waals surface area contributed by atoms with Gasteiger partial charge in [-0.2, -0.15) is 0 Å². The molecule has 0 heterocycles. The van der Waals surface area contributed by atoms with Crippen molar-refractivity contribution in [3.8, 4) is 0 Å². The summed E-state index contributed by atoms with van der Waals surface area (Å²) >= 11 is 1.29. The number of hydrogen-bond donors (Lipinski definition) is 1. The fraction of sp³-hybridized carbons (Fsp3) is 0.263. The number of anilines is 1. The van der Waals surface area contributed by atoms with Crippen LogP contribution < -0.4 is 5.32 Å². The second kappa shape index (κ2) is 9.22. The molecule has 0 bridgehead atoms. The fourth-order valence-electron chi connectivity index (χ4n) is 2.17. The van der Waals surface area contributed by atoms with Gasteiger partial charge in [-0.25, -0.2) is 12.7 Å². The predicted octanol–water partition coefficient (Wildman–Crippen LogP) is 2.37. The Hall–Kier alpha value is -2.36. The van der Waals surface area contributed by atoms with Crippen LogP contribution in [0.15, 0.2) is 58.3 Å². The van der Waals surface area contributed by atoms with Gasteiger partial charge in [0.25, 0.3) is 5.91 Å². The zero-order valence-corrected chi connectivity index (χ0v) is 17.8. The van der Waals surface area contributed by atoms with Gasteiger partial charge in [0.05, 0.1) is 16.2 Å².